The molecular formula is C18H22N+. The highest BCUT2D eigenvalue weighted by molar-refractivity contribution is 5.69. The molecule has 0 N–H and O–H groups in total. The quantitative estimate of drug-likeness (QED) is 0.681. The van der Waals surface area contributed by atoms with Gasteiger partial charge in [-0.25, -0.2) is 4.57 Å². The van der Waals surface area contributed by atoms with Crippen LogP contribution in [0.1, 0.15) is 37.0 Å². The van der Waals surface area contributed by atoms with E-state index in [2.05, 4.69) is 68.9 Å². The summed E-state index contributed by atoms with van der Waals surface area (Å²) in [5.74, 6) is 0. The molecule has 1 aliphatic carbocycles. The number of nitrogens with zero attached hydrogens (tertiary/aromatic N) is 1. The van der Waals surface area contributed by atoms with Crippen molar-refractivity contribution in [1.82, 2.24) is 0 Å². The van der Waals surface area contributed by atoms with Crippen molar-refractivity contribution >= 4 is 0 Å². The minimum atomic E-state index is 0.325. The maximum atomic E-state index is 2.36. The number of aryl methyl sites for hydroxylation is 2. The molecule has 19 heavy (non-hydrogen) atoms. The minimum Gasteiger partial charge on any atom is -0.201 e. The monoisotopic (exact) mass is 252 g/mol. The Labute approximate surface area is 115 Å². The number of hydrogen-bond donors (Lipinski definition) is 0. The highest BCUT2D eigenvalue weighted by Crippen LogP contribution is 2.43. The van der Waals surface area contributed by atoms with Gasteiger partial charge in [-0.05, 0) is 47.9 Å². The summed E-state index contributed by atoms with van der Waals surface area (Å²) in [5.41, 5.74) is 7.59. The maximum Gasteiger partial charge on any atom is 0.212 e. The first-order valence-electron chi connectivity index (χ1n) is 7.09. The average molecular weight is 252 g/mol. The summed E-state index contributed by atoms with van der Waals surface area (Å²) in [7, 11) is 2.13. The molecule has 2 aromatic rings. The minimum absolute atomic E-state index is 0.325. The molecule has 0 fully saturated rings. The molecule has 3 rings (SSSR count). The van der Waals surface area contributed by atoms with Crippen LogP contribution in [0.3, 0.4) is 0 Å². The van der Waals surface area contributed by atoms with Crippen molar-refractivity contribution in [2.24, 2.45) is 7.05 Å². The van der Waals surface area contributed by atoms with Gasteiger partial charge in [-0.2, -0.15) is 0 Å². The molecule has 0 amide bonds. The summed E-state index contributed by atoms with van der Waals surface area (Å²) in [6.07, 6.45) is 4.60. The zero-order valence-electron chi connectivity index (χ0n) is 12.3. The van der Waals surface area contributed by atoms with Gasteiger partial charge in [0.05, 0.1) is 5.56 Å². The molecule has 1 aromatic heterocycles. The van der Waals surface area contributed by atoms with Crippen LogP contribution in [-0.4, -0.2) is 0 Å². The van der Waals surface area contributed by atoms with Gasteiger partial charge in [0.15, 0.2) is 6.20 Å². The molecule has 1 aromatic carbocycles. The molecule has 1 nitrogen and oxygen atoms in total. The van der Waals surface area contributed by atoms with E-state index in [1.54, 1.807) is 5.56 Å². The molecule has 0 aliphatic heterocycles. The first-order valence-corrected chi connectivity index (χ1v) is 7.09. The first kappa shape index (κ1) is 12.4. The number of hydrogen-bond acceptors (Lipinski definition) is 0. The van der Waals surface area contributed by atoms with Crippen LogP contribution in [-0.2, 0) is 18.9 Å². The first-order chi connectivity index (χ1) is 9.00. The Morgan fingerprint density at radius 1 is 1.11 bits per heavy atom. The Hall–Kier alpha value is -1.63. The second kappa shape index (κ2) is 4.19. The largest absolute Gasteiger partial charge is 0.212 e. The van der Waals surface area contributed by atoms with Crippen molar-refractivity contribution in [3.05, 3.63) is 53.2 Å². The third-order valence-electron chi connectivity index (χ3n) is 4.56. The predicted molar refractivity (Wildman–Crippen MR) is 79.1 cm³/mol. The Morgan fingerprint density at radius 2 is 1.89 bits per heavy atom. The fourth-order valence-electron chi connectivity index (χ4n) is 3.37. The second-order valence-corrected chi connectivity index (χ2v) is 6.36. The van der Waals surface area contributed by atoms with Crippen molar-refractivity contribution in [2.75, 3.05) is 0 Å². The van der Waals surface area contributed by atoms with Crippen molar-refractivity contribution in [3.63, 3.8) is 0 Å². The van der Waals surface area contributed by atoms with Crippen LogP contribution >= 0.6 is 0 Å². The smallest absolute Gasteiger partial charge is 0.201 e. The molecule has 0 saturated heterocycles. The van der Waals surface area contributed by atoms with Crippen molar-refractivity contribution in [2.45, 2.75) is 39.0 Å². The standard InChI is InChI=1S/C18H22N/c1-13-8-9-15-14(10-11-18(15,2)3)17(13)16-7-5-6-12-19(16)4/h5-9,12H,10-11H2,1-4H3/q+1. The van der Waals surface area contributed by atoms with E-state index in [0.717, 1.165) is 0 Å². The summed E-state index contributed by atoms with van der Waals surface area (Å²) in [6, 6.07) is 11.1. The Bertz CT molecular complexity index is 638. The van der Waals surface area contributed by atoms with E-state index in [1.165, 1.54) is 35.2 Å². The zero-order chi connectivity index (χ0) is 13.6. The maximum absolute atomic E-state index is 2.36. The molecule has 1 aliphatic rings. The Balaban J connectivity index is 2.29. The molecule has 98 valence electrons. The molecule has 0 bridgehead atoms. The molecule has 0 atom stereocenters. The van der Waals surface area contributed by atoms with E-state index >= 15 is 0 Å². The van der Waals surface area contributed by atoms with Crippen LogP contribution in [0.25, 0.3) is 11.3 Å². The fraction of sp³-hybridized carbons (Fsp3) is 0.389. The number of pyridine rings is 1. The van der Waals surface area contributed by atoms with Crippen molar-refractivity contribution < 1.29 is 4.57 Å². The number of aromatic nitrogens is 1. The summed E-state index contributed by atoms with van der Waals surface area (Å²) >= 11 is 0. The third-order valence-corrected chi connectivity index (χ3v) is 4.56. The molecular weight excluding hydrogens is 230 g/mol. The van der Waals surface area contributed by atoms with Crippen LogP contribution in [0.15, 0.2) is 36.5 Å². The molecule has 0 saturated carbocycles. The molecule has 1 heteroatoms. The van der Waals surface area contributed by atoms with E-state index in [9.17, 15) is 0 Å². The molecule has 1 heterocycles. The van der Waals surface area contributed by atoms with E-state index in [4.69, 9.17) is 0 Å². The van der Waals surface area contributed by atoms with Gasteiger partial charge in [-0.3, -0.25) is 0 Å². The van der Waals surface area contributed by atoms with Crippen molar-refractivity contribution in [3.8, 4) is 11.3 Å². The average Bonchev–Trinajstić information content (AvgIpc) is 2.67. The topological polar surface area (TPSA) is 3.88 Å². The Kier molecular flexibility index (Phi) is 2.74. The van der Waals surface area contributed by atoms with Gasteiger partial charge < -0.3 is 0 Å². The lowest BCUT2D eigenvalue weighted by Crippen LogP contribution is -2.30. The molecule has 0 radical (unpaired) electrons. The van der Waals surface area contributed by atoms with Crippen LogP contribution in [0, 0.1) is 6.92 Å². The summed E-state index contributed by atoms with van der Waals surface area (Å²) in [6.45, 7) is 6.96. The SMILES string of the molecule is Cc1ccc2c(c1-c1cccc[n+]1C)CCC2(C)C. The van der Waals surface area contributed by atoms with Gasteiger partial charge in [-0.15, -0.1) is 0 Å². The van der Waals surface area contributed by atoms with Gasteiger partial charge in [0.2, 0.25) is 5.69 Å². The summed E-state index contributed by atoms with van der Waals surface area (Å²) in [4.78, 5) is 0. The van der Waals surface area contributed by atoms with Gasteiger partial charge >= 0.3 is 0 Å². The van der Waals surface area contributed by atoms with Gasteiger partial charge in [-0.1, -0.05) is 26.0 Å². The Morgan fingerprint density at radius 3 is 2.63 bits per heavy atom. The normalized spacial score (nSPS) is 16.4. The predicted octanol–water partition coefficient (Wildman–Crippen LogP) is 3.71. The van der Waals surface area contributed by atoms with Gasteiger partial charge in [0.1, 0.15) is 7.05 Å². The van der Waals surface area contributed by atoms with Crippen LogP contribution in [0.4, 0.5) is 0 Å². The van der Waals surface area contributed by atoms with Crippen LogP contribution in [0.2, 0.25) is 0 Å². The third kappa shape index (κ3) is 1.88. The van der Waals surface area contributed by atoms with Crippen LogP contribution < -0.4 is 4.57 Å². The van der Waals surface area contributed by atoms with Gasteiger partial charge in [0.25, 0.3) is 0 Å². The number of benzene rings is 1. The molecule has 0 unspecified atom stereocenters. The fourth-order valence-corrected chi connectivity index (χ4v) is 3.37. The zero-order valence-corrected chi connectivity index (χ0v) is 12.3. The highest BCUT2D eigenvalue weighted by Gasteiger charge is 2.33. The lowest BCUT2D eigenvalue weighted by Gasteiger charge is -2.20. The number of rotatable bonds is 1. The summed E-state index contributed by atoms with van der Waals surface area (Å²) < 4.78 is 2.23. The lowest BCUT2D eigenvalue weighted by molar-refractivity contribution is -0.660. The van der Waals surface area contributed by atoms with Crippen LogP contribution in [0.5, 0.6) is 0 Å². The lowest BCUT2D eigenvalue weighted by atomic mass is 9.85. The van der Waals surface area contributed by atoms with Crippen molar-refractivity contribution in [1.29, 1.82) is 0 Å². The second-order valence-electron chi connectivity index (χ2n) is 6.36. The number of fused-ring (bicyclic) bond motifs is 1. The van der Waals surface area contributed by atoms with Gasteiger partial charge in [0, 0.05) is 12.1 Å². The highest BCUT2D eigenvalue weighted by atomic mass is 14.9. The summed E-state index contributed by atoms with van der Waals surface area (Å²) in [5, 5.41) is 0. The van der Waals surface area contributed by atoms with E-state index in [0.29, 0.717) is 5.41 Å². The van der Waals surface area contributed by atoms with E-state index in [1.807, 2.05) is 0 Å². The van der Waals surface area contributed by atoms with E-state index < -0.39 is 0 Å². The van der Waals surface area contributed by atoms with E-state index in [-0.39, 0.29) is 0 Å². The molecule has 0 spiro atoms.